The summed E-state index contributed by atoms with van der Waals surface area (Å²) < 4.78 is 6.30. The van der Waals surface area contributed by atoms with Crippen LogP contribution in [-0.2, 0) is 4.74 Å². The molecule has 0 aliphatic rings. The van der Waals surface area contributed by atoms with Gasteiger partial charge in [0.05, 0.1) is 18.4 Å². The van der Waals surface area contributed by atoms with Crippen molar-refractivity contribution in [3.63, 3.8) is 0 Å². The predicted molar refractivity (Wildman–Crippen MR) is 51.5 cm³/mol. The molecule has 0 aromatic carbocycles. The average Bonchev–Trinajstić information content (AvgIpc) is 2.59. The Labute approximate surface area is 82.5 Å². The van der Waals surface area contributed by atoms with Gasteiger partial charge in [-0.15, -0.1) is 0 Å². The van der Waals surface area contributed by atoms with Crippen LogP contribution in [0.3, 0.4) is 0 Å². The van der Waals surface area contributed by atoms with E-state index in [1.807, 2.05) is 13.8 Å². The van der Waals surface area contributed by atoms with Gasteiger partial charge in [0.2, 0.25) is 0 Å². The highest BCUT2D eigenvalue weighted by Crippen LogP contribution is 2.15. The molecule has 0 unspecified atom stereocenters. The molecule has 0 N–H and O–H groups in total. The number of carbonyl (C=O) groups is 2. The lowest BCUT2D eigenvalue weighted by atomic mass is 10.2. The Morgan fingerprint density at radius 2 is 2.21 bits per heavy atom. The SMILES string of the molecule is COC(=O)c1ccn(C(C)C)c1C=O. The molecular weight excluding hydrogens is 182 g/mol. The molecule has 0 aliphatic carbocycles. The Morgan fingerprint density at radius 1 is 1.57 bits per heavy atom. The molecule has 14 heavy (non-hydrogen) atoms. The van der Waals surface area contributed by atoms with Crippen LogP contribution in [0, 0.1) is 0 Å². The van der Waals surface area contributed by atoms with E-state index in [2.05, 4.69) is 4.74 Å². The van der Waals surface area contributed by atoms with Gasteiger partial charge in [-0.2, -0.15) is 0 Å². The molecule has 0 aliphatic heterocycles. The van der Waals surface area contributed by atoms with Crippen molar-refractivity contribution >= 4 is 12.3 Å². The fourth-order valence-electron chi connectivity index (χ4n) is 1.32. The quantitative estimate of drug-likeness (QED) is 0.544. The third-order valence-electron chi connectivity index (χ3n) is 2.03. The number of rotatable bonds is 3. The number of hydrogen-bond acceptors (Lipinski definition) is 3. The summed E-state index contributed by atoms with van der Waals surface area (Å²) in [6.45, 7) is 3.88. The normalized spacial score (nSPS) is 10.3. The first-order chi connectivity index (χ1) is 6.61. The number of aldehydes is 1. The highest BCUT2D eigenvalue weighted by molar-refractivity contribution is 5.97. The minimum Gasteiger partial charge on any atom is -0.465 e. The van der Waals surface area contributed by atoms with Crippen LogP contribution in [0.1, 0.15) is 40.7 Å². The van der Waals surface area contributed by atoms with Gasteiger partial charge in [-0.3, -0.25) is 4.79 Å². The molecule has 0 radical (unpaired) electrons. The van der Waals surface area contributed by atoms with Crippen LogP contribution in [0.5, 0.6) is 0 Å². The smallest absolute Gasteiger partial charge is 0.340 e. The number of hydrogen-bond donors (Lipinski definition) is 0. The molecule has 0 spiro atoms. The van der Waals surface area contributed by atoms with Gasteiger partial charge in [0, 0.05) is 12.2 Å². The Kier molecular flexibility index (Phi) is 3.06. The number of esters is 1. The van der Waals surface area contributed by atoms with Gasteiger partial charge in [-0.1, -0.05) is 0 Å². The van der Waals surface area contributed by atoms with Crippen molar-refractivity contribution in [2.75, 3.05) is 7.11 Å². The summed E-state index contributed by atoms with van der Waals surface area (Å²) in [4.78, 5) is 22.0. The third kappa shape index (κ3) is 1.69. The molecule has 1 rings (SSSR count). The fourth-order valence-corrected chi connectivity index (χ4v) is 1.32. The van der Waals surface area contributed by atoms with E-state index in [0.29, 0.717) is 17.5 Å². The minimum absolute atomic E-state index is 0.147. The summed E-state index contributed by atoms with van der Waals surface area (Å²) in [6, 6.07) is 1.74. The molecule has 0 atom stereocenters. The van der Waals surface area contributed by atoms with Crippen molar-refractivity contribution in [2.45, 2.75) is 19.9 Å². The topological polar surface area (TPSA) is 48.3 Å². The van der Waals surface area contributed by atoms with Crippen LogP contribution in [0.4, 0.5) is 0 Å². The van der Waals surface area contributed by atoms with Gasteiger partial charge in [-0.05, 0) is 19.9 Å². The molecule has 4 nitrogen and oxygen atoms in total. The van der Waals surface area contributed by atoms with Crippen LogP contribution in [0.15, 0.2) is 12.3 Å². The summed E-state index contributed by atoms with van der Waals surface area (Å²) in [5, 5.41) is 0. The maximum absolute atomic E-state index is 11.2. The Balaban J connectivity index is 3.20. The van der Waals surface area contributed by atoms with Crippen LogP contribution in [0.25, 0.3) is 0 Å². The Bertz CT molecular complexity index is 352. The van der Waals surface area contributed by atoms with Crippen LogP contribution < -0.4 is 0 Å². The molecule has 0 bridgehead atoms. The largest absolute Gasteiger partial charge is 0.465 e. The Morgan fingerprint density at radius 3 is 2.64 bits per heavy atom. The second kappa shape index (κ2) is 4.09. The minimum atomic E-state index is -0.480. The van der Waals surface area contributed by atoms with E-state index in [4.69, 9.17) is 0 Å². The molecule has 0 saturated carbocycles. The van der Waals surface area contributed by atoms with Crippen molar-refractivity contribution in [3.05, 3.63) is 23.5 Å². The first kappa shape index (κ1) is 10.5. The van der Waals surface area contributed by atoms with Gasteiger partial charge < -0.3 is 9.30 Å². The van der Waals surface area contributed by atoms with Crippen LogP contribution >= 0.6 is 0 Å². The maximum Gasteiger partial charge on any atom is 0.340 e. The molecule has 0 amide bonds. The standard InChI is InChI=1S/C10H13NO3/c1-7(2)11-5-4-8(9(11)6-12)10(13)14-3/h4-7H,1-3H3. The van der Waals surface area contributed by atoms with E-state index in [1.165, 1.54) is 7.11 Å². The van der Waals surface area contributed by atoms with E-state index < -0.39 is 5.97 Å². The summed E-state index contributed by atoms with van der Waals surface area (Å²) >= 11 is 0. The van der Waals surface area contributed by atoms with E-state index in [-0.39, 0.29) is 6.04 Å². The molecule has 0 saturated heterocycles. The van der Waals surface area contributed by atoms with Gasteiger partial charge in [-0.25, -0.2) is 4.79 Å². The average molecular weight is 195 g/mol. The Hall–Kier alpha value is -1.58. The van der Waals surface area contributed by atoms with E-state index in [9.17, 15) is 9.59 Å². The molecule has 0 fully saturated rings. The number of carbonyl (C=O) groups excluding carboxylic acids is 2. The van der Waals surface area contributed by atoms with Gasteiger partial charge >= 0.3 is 5.97 Å². The van der Waals surface area contributed by atoms with Crippen molar-refractivity contribution in [1.82, 2.24) is 4.57 Å². The molecular formula is C10H13NO3. The maximum atomic E-state index is 11.2. The number of ether oxygens (including phenoxy) is 1. The predicted octanol–water partition coefficient (Wildman–Crippen LogP) is 1.67. The van der Waals surface area contributed by atoms with Gasteiger partial charge in [0.15, 0.2) is 6.29 Å². The molecule has 1 aromatic heterocycles. The van der Waals surface area contributed by atoms with Crippen molar-refractivity contribution in [1.29, 1.82) is 0 Å². The van der Waals surface area contributed by atoms with Crippen LogP contribution in [0.2, 0.25) is 0 Å². The first-order valence-electron chi connectivity index (χ1n) is 4.36. The van der Waals surface area contributed by atoms with Crippen molar-refractivity contribution < 1.29 is 14.3 Å². The van der Waals surface area contributed by atoms with Crippen molar-refractivity contribution in [3.8, 4) is 0 Å². The van der Waals surface area contributed by atoms with E-state index in [0.717, 1.165) is 0 Å². The van der Waals surface area contributed by atoms with Crippen LogP contribution in [-0.4, -0.2) is 23.9 Å². The van der Waals surface area contributed by atoms with Crippen molar-refractivity contribution in [2.24, 2.45) is 0 Å². The number of methoxy groups -OCH3 is 1. The molecule has 76 valence electrons. The lowest BCUT2D eigenvalue weighted by Gasteiger charge is -2.09. The summed E-state index contributed by atoms with van der Waals surface area (Å²) in [5.74, 6) is -0.480. The third-order valence-corrected chi connectivity index (χ3v) is 2.03. The zero-order chi connectivity index (χ0) is 10.7. The van der Waals surface area contributed by atoms with Gasteiger partial charge in [0.1, 0.15) is 0 Å². The fraction of sp³-hybridized carbons (Fsp3) is 0.400. The number of aromatic nitrogens is 1. The van der Waals surface area contributed by atoms with E-state index >= 15 is 0 Å². The summed E-state index contributed by atoms with van der Waals surface area (Å²) in [7, 11) is 1.30. The van der Waals surface area contributed by atoms with E-state index in [1.54, 1.807) is 16.8 Å². The molecule has 1 aromatic rings. The monoisotopic (exact) mass is 195 g/mol. The summed E-state index contributed by atoms with van der Waals surface area (Å²) in [6.07, 6.45) is 2.38. The summed E-state index contributed by atoms with van der Waals surface area (Å²) in [5.41, 5.74) is 0.683. The highest BCUT2D eigenvalue weighted by atomic mass is 16.5. The highest BCUT2D eigenvalue weighted by Gasteiger charge is 2.16. The molecule has 1 heterocycles. The zero-order valence-corrected chi connectivity index (χ0v) is 8.48. The number of nitrogens with zero attached hydrogens (tertiary/aromatic N) is 1. The van der Waals surface area contributed by atoms with Gasteiger partial charge in [0.25, 0.3) is 0 Å². The molecule has 4 heteroatoms. The first-order valence-corrected chi connectivity index (χ1v) is 4.36. The lowest BCUT2D eigenvalue weighted by Crippen LogP contribution is -2.09. The lowest BCUT2D eigenvalue weighted by molar-refractivity contribution is 0.0598. The second-order valence-corrected chi connectivity index (χ2v) is 3.23. The zero-order valence-electron chi connectivity index (χ0n) is 8.48. The second-order valence-electron chi connectivity index (χ2n) is 3.23.